The van der Waals surface area contributed by atoms with Gasteiger partial charge in [-0.3, -0.25) is 4.90 Å². The second kappa shape index (κ2) is 6.10. The van der Waals surface area contributed by atoms with Gasteiger partial charge in [0.05, 0.1) is 0 Å². The zero-order valence-electron chi connectivity index (χ0n) is 7.24. The molecule has 0 aromatic carbocycles. The first-order valence-corrected chi connectivity index (χ1v) is 6.47. The summed E-state index contributed by atoms with van der Waals surface area (Å²) in [5.74, 6) is 2.31. The molecule has 0 aromatic rings. The van der Waals surface area contributed by atoms with E-state index in [1.165, 1.54) is 5.08 Å². The highest BCUT2D eigenvalue weighted by Gasteiger charge is 2.11. The average Bonchev–Trinajstić information content (AvgIpc) is 2.16. The van der Waals surface area contributed by atoms with Crippen molar-refractivity contribution in [2.45, 2.75) is 12.5 Å². The van der Waals surface area contributed by atoms with Crippen LogP contribution in [0.1, 0.15) is 6.42 Å². The van der Waals surface area contributed by atoms with E-state index in [2.05, 4.69) is 4.90 Å². The minimum Gasteiger partial charge on any atom is -0.329 e. The van der Waals surface area contributed by atoms with Gasteiger partial charge in [-0.25, -0.2) is 0 Å². The predicted molar refractivity (Wildman–Crippen MR) is 58.1 cm³/mol. The first kappa shape index (κ1) is 10.7. The molecular weight excluding hydrogens is 190 g/mol. The van der Waals surface area contributed by atoms with Gasteiger partial charge in [0, 0.05) is 36.0 Å². The van der Waals surface area contributed by atoms with E-state index in [0.717, 1.165) is 24.7 Å². The summed E-state index contributed by atoms with van der Waals surface area (Å²) < 4.78 is 0. The van der Waals surface area contributed by atoms with Gasteiger partial charge in [-0.2, -0.15) is 0 Å². The van der Waals surface area contributed by atoms with Gasteiger partial charge < -0.3 is 11.5 Å². The Morgan fingerprint density at radius 2 is 2.00 bits per heavy atom. The highest BCUT2D eigenvalue weighted by atomic mass is 32.2. The fraction of sp³-hybridized carbons (Fsp3) is 1.00. The highest BCUT2D eigenvalue weighted by molar-refractivity contribution is 8.16. The SMILES string of the molecule is NCC(N)CCN1CSCSC1. The minimum absolute atomic E-state index is 0.182. The Bertz CT molecular complexity index is 117. The number of nitrogens with zero attached hydrogens (tertiary/aromatic N) is 1. The van der Waals surface area contributed by atoms with E-state index in [4.69, 9.17) is 11.5 Å². The molecule has 72 valence electrons. The van der Waals surface area contributed by atoms with Crippen LogP contribution in [0.4, 0.5) is 0 Å². The molecule has 0 aliphatic carbocycles. The standard InChI is InChI=1S/C7H17N3S2/c8-3-7(9)1-2-10-4-11-6-12-5-10/h7H,1-6,8-9H2. The molecule has 0 saturated carbocycles. The first-order valence-electron chi connectivity index (χ1n) is 4.16. The number of thioether (sulfide) groups is 2. The second-order valence-corrected chi connectivity index (χ2v) is 5.24. The summed E-state index contributed by atoms with van der Waals surface area (Å²) >= 11 is 3.96. The summed E-state index contributed by atoms with van der Waals surface area (Å²) in [5, 5.41) is 1.24. The first-order chi connectivity index (χ1) is 5.83. The van der Waals surface area contributed by atoms with Crippen molar-refractivity contribution in [3.63, 3.8) is 0 Å². The van der Waals surface area contributed by atoms with E-state index in [1.54, 1.807) is 0 Å². The molecule has 1 aliphatic rings. The lowest BCUT2D eigenvalue weighted by Crippen LogP contribution is -2.35. The van der Waals surface area contributed by atoms with Gasteiger partial charge in [-0.1, -0.05) is 0 Å². The molecule has 1 unspecified atom stereocenters. The third kappa shape index (κ3) is 4.00. The minimum atomic E-state index is 0.182. The molecular formula is C7H17N3S2. The summed E-state index contributed by atoms with van der Waals surface area (Å²) in [4.78, 5) is 2.42. The Morgan fingerprint density at radius 3 is 2.58 bits per heavy atom. The molecule has 1 aliphatic heterocycles. The monoisotopic (exact) mass is 207 g/mol. The van der Waals surface area contributed by atoms with Crippen molar-refractivity contribution in [1.82, 2.24) is 4.90 Å². The molecule has 0 spiro atoms. The molecule has 0 amide bonds. The zero-order chi connectivity index (χ0) is 8.81. The number of nitrogens with two attached hydrogens (primary N) is 2. The fourth-order valence-electron chi connectivity index (χ4n) is 1.02. The lowest BCUT2D eigenvalue weighted by atomic mass is 10.2. The van der Waals surface area contributed by atoms with E-state index < -0.39 is 0 Å². The molecule has 12 heavy (non-hydrogen) atoms. The van der Waals surface area contributed by atoms with Gasteiger partial charge in [0.25, 0.3) is 0 Å². The van der Waals surface area contributed by atoms with Crippen LogP contribution >= 0.6 is 23.5 Å². The maximum atomic E-state index is 5.72. The van der Waals surface area contributed by atoms with Crippen molar-refractivity contribution in [1.29, 1.82) is 0 Å². The molecule has 0 bridgehead atoms. The fourth-order valence-corrected chi connectivity index (χ4v) is 3.16. The molecule has 0 radical (unpaired) electrons. The van der Waals surface area contributed by atoms with Crippen molar-refractivity contribution in [3.8, 4) is 0 Å². The predicted octanol–water partition coefficient (Wildman–Crippen LogP) is 0.317. The lowest BCUT2D eigenvalue weighted by molar-refractivity contribution is 0.354. The molecule has 1 saturated heterocycles. The van der Waals surface area contributed by atoms with E-state index >= 15 is 0 Å². The average molecular weight is 207 g/mol. The lowest BCUT2D eigenvalue weighted by Gasteiger charge is -2.26. The van der Waals surface area contributed by atoms with Crippen LogP contribution in [0.2, 0.25) is 0 Å². The van der Waals surface area contributed by atoms with Crippen LogP contribution in [0.5, 0.6) is 0 Å². The maximum Gasteiger partial charge on any atom is 0.0460 e. The van der Waals surface area contributed by atoms with Crippen LogP contribution < -0.4 is 11.5 Å². The molecule has 4 N–H and O–H groups in total. The van der Waals surface area contributed by atoms with Crippen LogP contribution in [0, 0.1) is 0 Å². The molecule has 0 aromatic heterocycles. The second-order valence-electron chi connectivity index (χ2n) is 2.96. The van der Waals surface area contributed by atoms with Crippen LogP contribution in [-0.4, -0.2) is 40.9 Å². The Hall–Kier alpha value is 0.580. The maximum absolute atomic E-state index is 5.72. The summed E-state index contributed by atoms with van der Waals surface area (Å²) in [7, 11) is 0. The Labute approximate surface area is 82.6 Å². The molecule has 1 fully saturated rings. The van der Waals surface area contributed by atoms with Crippen molar-refractivity contribution in [3.05, 3.63) is 0 Å². The Kier molecular flexibility index (Phi) is 5.42. The van der Waals surface area contributed by atoms with Crippen LogP contribution in [0.15, 0.2) is 0 Å². The van der Waals surface area contributed by atoms with Gasteiger partial charge in [0.1, 0.15) is 0 Å². The van der Waals surface area contributed by atoms with Crippen molar-refractivity contribution < 1.29 is 0 Å². The van der Waals surface area contributed by atoms with Crippen LogP contribution in [-0.2, 0) is 0 Å². The third-order valence-corrected chi connectivity index (χ3v) is 4.26. The Morgan fingerprint density at radius 1 is 1.33 bits per heavy atom. The van der Waals surface area contributed by atoms with Crippen molar-refractivity contribution >= 4 is 23.5 Å². The highest BCUT2D eigenvalue weighted by Crippen LogP contribution is 2.21. The number of hydrogen-bond acceptors (Lipinski definition) is 5. The van der Waals surface area contributed by atoms with Gasteiger partial charge in [-0.15, -0.1) is 23.5 Å². The summed E-state index contributed by atoms with van der Waals surface area (Å²) in [6, 6.07) is 0.182. The van der Waals surface area contributed by atoms with E-state index in [1.807, 2.05) is 23.5 Å². The van der Waals surface area contributed by atoms with Crippen LogP contribution in [0.3, 0.4) is 0 Å². The molecule has 1 rings (SSSR count). The van der Waals surface area contributed by atoms with Gasteiger partial charge in [0.2, 0.25) is 0 Å². The van der Waals surface area contributed by atoms with Crippen LogP contribution in [0.25, 0.3) is 0 Å². The van der Waals surface area contributed by atoms with Crippen molar-refractivity contribution in [2.75, 3.05) is 29.9 Å². The summed E-state index contributed by atoms with van der Waals surface area (Å²) in [5.41, 5.74) is 11.2. The summed E-state index contributed by atoms with van der Waals surface area (Å²) in [6.07, 6.45) is 1.03. The van der Waals surface area contributed by atoms with Crippen molar-refractivity contribution in [2.24, 2.45) is 11.5 Å². The molecule has 5 heteroatoms. The normalized spacial score (nSPS) is 22.5. The van der Waals surface area contributed by atoms with E-state index in [-0.39, 0.29) is 6.04 Å². The van der Waals surface area contributed by atoms with E-state index in [0.29, 0.717) is 6.54 Å². The summed E-state index contributed by atoms with van der Waals surface area (Å²) in [6.45, 7) is 1.70. The topological polar surface area (TPSA) is 55.3 Å². The van der Waals surface area contributed by atoms with Gasteiger partial charge >= 0.3 is 0 Å². The van der Waals surface area contributed by atoms with E-state index in [9.17, 15) is 0 Å². The Balaban J connectivity index is 2.05. The molecule has 1 heterocycles. The van der Waals surface area contributed by atoms with Gasteiger partial charge in [0.15, 0.2) is 0 Å². The zero-order valence-corrected chi connectivity index (χ0v) is 8.87. The molecule has 1 atom stereocenters. The quantitative estimate of drug-likeness (QED) is 0.695. The molecule has 3 nitrogen and oxygen atoms in total. The van der Waals surface area contributed by atoms with Gasteiger partial charge in [-0.05, 0) is 6.42 Å². The number of rotatable bonds is 4. The number of hydrogen-bond donors (Lipinski definition) is 2. The largest absolute Gasteiger partial charge is 0.329 e. The smallest absolute Gasteiger partial charge is 0.0460 e. The third-order valence-electron chi connectivity index (χ3n) is 1.83.